The van der Waals surface area contributed by atoms with Crippen LogP contribution < -0.4 is 4.90 Å². The molecule has 22 heavy (non-hydrogen) atoms. The average molecular weight is 336 g/mol. The lowest BCUT2D eigenvalue weighted by atomic mass is 10.4. The molecule has 0 aromatic carbocycles. The van der Waals surface area contributed by atoms with Gasteiger partial charge in [0.05, 0.1) is 18.1 Å². The second-order valence-electron chi connectivity index (χ2n) is 4.66. The van der Waals surface area contributed by atoms with Crippen molar-refractivity contribution < 1.29 is 13.9 Å². The predicted molar refractivity (Wildman–Crippen MR) is 85.2 cm³/mol. The van der Waals surface area contributed by atoms with Crippen molar-refractivity contribution in [2.75, 3.05) is 38.3 Å². The highest BCUT2D eigenvalue weighted by atomic mass is 32.2. The van der Waals surface area contributed by atoms with Crippen LogP contribution in [0.2, 0.25) is 0 Å². The second kappa shape index (κ2) is 6.08. The van der Waals surface area contributed by atoms with E-state index in [9.17, 15) is 10.1 Å². The molecule has 7 nitrogen and oxygen atoms in total. The Bertz CT molecular complexity index is 701. The van der Waals surface area contributed by atoms with Crippen molar-refractivity contribution in [1.82, 2.24) is 9.88 Å². The van der Waals surface area contributed by atoms with Gasteiger partial charge in [-0.05, 0) is 0 Å². The van der Waals surface area contributed by atoms with Gasteiger partial charge in [0.1, 0.15) is 10.4 Å². The molecule has 9 heteroatoms. The van der Waals surface area contributed by atoms with E-state index in [1.165, 1.54) is 22.7 Å². The van der Waals surface area contributed by atoms with Gasteiger partial charge in [-0.15, -0.1) is 0 Å². The van der Waals surface area contributed by atoms with Gasteiger partial charge in [-0.3, -0.25) is 9.69 Å². The van der Waals surface area contributed by atoms with Crippen molar-refractivity contribution in [1.29, 1.82) is 5.26 Å². The molecule has 0 saturated carbocycles. The third kappa shape index (κ3) is 2.72. The lowest BCUT2D eigenvalue weighted by Gasteiger charge is -2.25. The number of thiocarbonyl (C=S) groups is 1. The zero-order valence-corrected chi connectivity index (χ0v) is 13.4. The number of hydrogen-bond donors (Lipinski definition) is 0. The number of nitriles is 1. The highest BCUT2D eigenvalue weighted by molar-refractivity contribution is 8.26. The minimum atomic E-state index is -0.195. The number of ether oxygens (including phenoxy) is 1. The summed E-state index contributed by atoms with van der Waals surface area (Å²) < 4.78 is 11.4. The van der Waals surface area contributed by atoms with E-state index in [4.69, 9.17) is 21.4 Å². The Labute approximate surface area is 136 Å². The molecule has 2 aliphatic rings. The van der Waals surface area contributed by atoms with Gasteiger partial charge in [-0.1, -0.05) is 24.0 Å². The van der Waals surface area contributed by atoms with Gasteiger partial charge in [-0.2, -0.15) is 10.2 Å². The zero-order valence-electron chi connectivity index (χ0n) is 11.7. The highest BCUT2D eigenvalue weighted by Crippen LogP contribution is 2.32. The first-order chi connectivity index (χ1) is 10.6. The SMILES string of the molecule is CN1C(=O)/C(=C/c2nc(C#N)c(N3CCOCC3)o2)SC1=S. The highest BCUT2D eigenvalue weighted by Gasteiger charge is 2.30. The van der Waals surface area contributed by atoms with Gasteiger partial charge < -0.3 is 14.1 Å². The topological polar surface area (TPSA) is 82.6 Å². The smallest absolute Gasteiger partial charge is 0.266 e. The molecule has 3 rings (SSSR count). The number of aromatic nitrogens is 1. The van der Waals surface area contributed by atoms with E-state index in [0.717, 1.165) is 0 Å². The predicted octanol–water partition coefficient (Wildman–Crippen LogP) is 1.21. The number of hydrogen-bond acceptors (Lipinski definition) is 8. The van der Waals surface area contributed by atoms with Crippen molar-refractivity contribution in [3.8, 4) is 6.07 Å². The first-order valence-corrected chi connectivity index (χ1v) is 7.78. The molecule has 0 atom stereocenters. The molecule has 114 valence electrons. The van der Waals surface area contributed by atoms with Crippen molar-refractivity contribution in [2.45, 2.75) is 0 Å². The van der Waals surface area contributed by atoms with Gasteiger partial charge in [0.2, 0.25) is 17.5 Å². The fourth-order valence-corrected chi connectivity index (χ4v) is 3.25. The van der Waals surface area contributed by atoms with Crippen molar-refractivity contribution in [2.24, 2.45) is 0 Å². The fourth-order valence-electron chi connectivity index (χ4n) is 2.10. The van der Waals surface area contributed by atoms with E-state index < -0.39 is 0 Å². The fraction of sp³-hybridized carbons (Fsp3) is 0.385. The van der Waals surface area contributed by atoms with Crippen molar-refractivity contribution in [3.05, 3.63) is 16.5 Å². The molecule has 0 radical (unpaired) electrons. The Kier molecular flexibility index (Phi) is 4.15. The largest absolute Gasteiger partial charge is 0.420 e. The summed E-state index contributed by atoms with van der Waals surface area (Å²) in [5, 5.41) is 9.21. The number of carbonyl (C=O) groups excluding carboxylic acids is 1. The molecule has 1 aromatic heterocycles. The summed E-state index contributed by atoms with van der Waals surface area (Å²) in [5.41, 5.74) is 0.208. The normalized spacial score (nSPS) is 20.8. The molecular formula is C13H12N4O3S2. The first kappa shape index (κ1) is 15.0. The van der Waals surface area contributed by atoms with E-state index in [-0.39, 0.29) is 17.5 Å². The van der Waals surface area contributed by atoms with Crippen LogP contribution in [0.25, 0.3) is 6.08 Å². The van der Waals surface area contributed by atoms with Gasteiger partial charge in [-0.25, -0.2) is 0 Å². The van der Waals surface area contributed by atoms with Crippen molar-refractivity contribution >= 4 is 46.2 Å². The van der Waals surface area contributed by atoms with Gasteiger partial charge in [0.15, 0.2) is 0 Å². The Hall–Kier alpha value is -1.89. The summed E-state index contributed by atoms with van der Waals surface area (Å²) in [6.07, 6.45) is 1.52. The molecule has 0 aliphatic carbocycles. The maximum absolute atomic E-state index is 12.0. The molecular weight excluding hydrogens is 324 g/mol. The van der Waals surface area contributed by atoms with Crippen molar-refractivity contribution in [3.63, 3.8) is 0 Å². The molecule has 2 saturated heterocycles. The van der Waals surface area contributed by atoms with Crippen LogP contribution >= 0.6 is 24.0 Å². The maximum atomic E-state index is 12.0. The molecule has 0 N–H and O–H groups in total. The number of oxazole rings is 1. The summed E-state index contributed by atoms with van der Waals surface area (Å²) in [7, 11) is 1.62. The van der Waals surface area contributed by atoms with Crippen LogP contribution in [0.3, 0.4) is 0 Å². The number of anilines is 1. The van der Waals surface area contributed by atoms with Crippen LogP contribution in [-0.4, -0.2) is 53.5 Å². The molecule has 1 aromatic rings. The van der Waals surface area contributed by atoms with E-state index in [2.05, 4.69) is 4.98 Å². The van der Waals surface area contributed by atoms with Crippen LogP contribution in [0.5, 0.6) is 0 Å². The quantitative estimate of drug-likeness (QED) is 0.589. The lowest BCUT2D eigenvalue weighted by Crippen LogP contribution is -2.36. The molecule has 2 aliphatic heterocycles. The minimum Gasteiger partial charge on any atom is -0.420 e. The minimum absolute atomic E-state index is 0.195. The van der Waals surface area contributed by atoms with Gasteiger partial charge in [0, 0.05) is 26.2 Å². The summed E-state index contributed by atoms with van der Waals surface area (Å²) in [6.45, 7) is 2.44. The van der Waals surface area contributed by atoms with E-state index >= 15 is 0 Å². The molecule has 2 fully saturated rings. The average Bonchev–Trinajstić information content (AvgIpc) is 3.05. The van der Waals surface area contributed by atoms with Gasteiger partial charge in [0.25, 0.3) is 5.91 Å². The molecule has 0 unspecified atom stereocenters. The molecule has 0 spiro atoms. The maximum Gasteiger partial charge on any atom is 0.266 e. The number of thioether (sulfide) groups is 1. The summed E-state index contributed by atoms with van der Waals surface area (Å²) in [4.78, 5) is 19.9. The van der Waals surface area contributed by atoms with E-state index in [1.54, 1.807) is 7.05 Å². The number of morpholine rings is 1. The second-order valence-corrected chi connectivity index (χ2v) is 6.33. The monoisotopic (exact) mass is 336 g/mol. The Morgan fingerprint density at radius 2 is 2.18 bits per heavy atom. The first-order valence-electron chi connectivity index (χ1n) is 6.55. The van der Waals surface area contributed by atoms with Crippen LogP contribution in [-0.2, 0) is 9.53 Å². The number of rotatable bonds is 2. The van der Waals surface area contributed by atoms with E-state index in [0.29, 0.717) is 41.4 Å². The third-order valence-electron chi connectivity index (χ3n) is 3.27. The molecule has 3 heterocycles. The zero-order chi connectivity index (χ0) is 15.7. The lowest BCUT2D eigenvalue weighted by molar-refractivity contribution is -0.121. The van der Waals surface area contributed by atoms with Crippen LogP contribution in [0.4, 0.5) is 5.88 Å². The van der Waals surface area contributed by atoms with Crippen LogP contribution in [0.1, 0.15) is 11.6 Å². The van der Waals surface area contributed by atoms with Gasteiger partial charge >= 0.3 is 0 Å². The summed E-state index contributed by atoms with van der Waals surface area (Å²) in [6, 6.07) is 2.02. The Morgan fingerprint density at radius 1 is 1.45 bits per heavy atom. The summed E-state index contributed by atoms with van der Waals surface area (Å²) >= 11 is 6.26. The summed E-state index contributed by atoms with van der Waals surface area (Å²) in [5.74, 6) is 0.454. The van der Waals surface area contributed by atoms with E-state index in [1.807, 2.05) is 11.0 Å². The number of amides is 1. The standard InChI is InChI=1S/C13H12N4O3S2/c1-16-11(18)9(22-13(16)21)6-10-15-8(7-14)12(20-10)17-2-4-19-5-3-17/h6H,2-5H2,1H3/b9-6-. The number of likely N-dealkylation sites (N-methyl/N-ethyl adjacent to an activating group) is 1. The van der Waals surface area contributed by atoms with Crippen LogP contribution in [0.15, 0.2) is 9.32 Å². The Balaban J connectivity index is 1.90. The number of carbonyl (C=O) groups is 1. The molecule has 1 amide bonds. The number of nitrogens with zero attached hydrogens (tertiary/aromatic N) is 4. The molecule has 0 bridgehead atoms. The van der Waals surface area contributed by atoms with Crippen LogP contribution in [0, 0.1) is 11.3 Å². The Morgan fingerprint density at radius 3 is 2.77 bits per heavy atom. The third-order valence-corrected chi connectivity index (χ3v) is 4.76.